The topological polar surface area (TPSA) is 114 Å². The minimum Gasteiger partial charge on any atom is -0.342 e. The Balaban J connectivity index is 1.97. The maximum atomic E-state index is 12.7. The Hall–Kier alpha value is -2.25. The van der Waals surface area contributed by atoms with Crippen LogP contribution in [0.4, 0.5) is 18.9 Å². The molecule has 0 spiro atoms. The van der Waals surface area contributed by atoms with Crippen molar-refractivity contribution in [2.24, 2.45) is 0 Å². The fourth-order valence-electron chi connectivity index (χ4n) is 2.67. The molecule has 2 N–H and O–H groups in total. The molecule has 1 amide bonds. The van der Waals surface area contributed by atoms with Gasteiger partial charge in [0.2, 0.25) is 10.0 Å². The van der Waals surface area contributed by atoms with Crippen molar-refractivity contribution in [3.63, 3.8) is 0 Å². The van der Waals surface area contributed by atoms with Gasteiger partial charge in [0.25, 0.3) is 11.6 Å². The first kappa shape index (κ1) is 21.1. The van der Waals surface area contributed by atoms with Gasteiger partial charge in [-0.2, -0.15) is 17.5 Å². The first-order valence-electron chi connectivity index (χ1n) is 7.91. The molecule has 0 bridgehead atoms. The number of piperazine rings is 1. The molecule has 0 saturated carbocycles. The van der Waals surface area contributed by atoms with Gasteiger partial charge >= 0.3 is 6.18 Å². The van der Waals surface area contributed by atoms with Crippen LogP contribution in [0, 0.1) is 10.1 Å². The molecule has 0 aromatic heterocycles. The Morgan fingerprint density at radius 1 is 1.26 bits per heavy atom. The van der Waals surface area contributed by atoms with Crippen LogP contribution in [-0.2, 0) is 14.8 Å². The highest BCUT2D eigenvalue weighted by atomic mass is 32.2. The molecule has 0 atom stereocenters. The molecule has 13 heteroatoms. The van der Waals surface area contributed by atoms with Crippen molar-refractivity contribution in [1.29, 1.82) is 0 Å². The normalized spacial score (nSPS) is 16.9. The van der Waals surface area contributed by atoms with E-state index >= 15 is 0 Å². The van der Waals surface area contributed by atoms with Gasteiger partial charge in [-0.1, -0.05) is 12.1 Å². The number of amides is 1. The number of benzene rings is 1. The van der Waals surface area contributed by atoms with Gasteiger partial charge in [0.15, 0.2) is 11.4 Å². The third-order valence-electron chi connectivity index (χ3n) is 4.01. The maximum absolute atomic E-state index is 12.7. The predicted molar refractivity (Wildman–Crippen MR) is 86.5 cm³/mol. The van der Waals surface area contributed by atoms with Crippen LogP contribution in [0.15, 0.2) is 29.2 Å². The van der Waals surface area contributed by atoms with E-state index in [4.69, 9.17) is 0 Å². The number of para-hydroxylation sites is 1. The number of nitrogens with one attached hydrogen (secondary N) is 2. The molecule has 1 fully saturated rings. The molecule has 1 heterocycles. The van der Waals surface area contributed by atoms with Crippen molar-refractivity contribution in [3.8, 4) is 0 Å². The predicted octanol–water partition coefficient (Wildman–Crippen LogP) is -0.837. The largest absolute Gasteiger partial charge is 0.405 e. The lowest BCUT2D eigenvalue weighted by molar-refractivity contribution is -0.895. The summed E-state index contributed by atoms with van der Waals surface area (Å²) in [6.45, 7) is -1.25. The van der Waals surface area contributed by atoms with E-state index in [1.807, 2.05) is 0 Å². The second kappa shape index (κ2) is 8.19. The van der Waals surface area contributed by atoms with Gasteiger partial charge in [0.05, 0.1) is 31.1 Å². The molecule has 1 saturated heterocycles. The molecule has 1 aromatic rings. The van der Waals surface area contributed by atoms with E-state index in [1.165, 1.54) is 12.1 Å². The number of halogens is 3. The number of hydrogen-bond acceptors (Lipinski definition) is 5. The summed E-state index contributed by atoms with van der Waals surface area (Å²) in [6.07, 6.45) is -4.50. The minimum absolute atomic E-state index is 0.00370. The standard InChI is InChI=1S/C14H17F3N4O5S/c15-14(16,17)10-18-13(22)9-19-5-7-20(8-6-19)27(25,26)12-4-2-1-3-11(12)21(23)24/h1-4H,5-10H2,(H,18,22)/p+1. The quantitative estimate of drug-likeness (QED) is 0.468. The van der Waals surface area contributed by atoms with E-state index in [1.54, 1.807) is 5.32 Å². The Kier molecular flexibility index (Phi) is 6.38. The van der Waals surface area contributed by atoms with E-state index in [0.29, 0.717) is 4.90 Å². The number of nitrogens with zero attached hydrogens (tertiary/aromatic N) is 2. The summed E-state index contributed by atoms with van der Waals surface area (Å²) in [5, 5.41) is 12.8. The number of rotatable bonds is 6. The fraction of sp³-hybridized carbons (Fsp3) is 0.500. The summed E-state index contributed by atoms with van der Waals surface area (Å²) in [6, 6.07) is 4.99. The number of alkyl halides is 3. The van der Waals surface area contributed by atoms with Gasteiger partial charge in [-0.3, -0.25) is 14.9 Å². The van der Waals surface area contributed by atoms with Crippen LogP contribution in [0.25, 0.3) is 0 Å². The first-order valence-corrected chi connectivity index (χ1v) is 9.35. The molecule has 150 valence electrons. The number of nitro benzene ring substituents is 1. The lowest BCUT2D eigenvalue weighted by atomic mass is 10.3. The van der Waals surface area contributed by atoms with Gasteiger partial charge in [-0.15, -0.1) is 0 Å². The van der Waals surface area contributed by atoms with Crippen LogP contribution in [0.1, 0.15) is 0 Å². The number of quaternary nitrogens is 1. The SMILES string of the molecule is O=C(C[NH+]1CCN(S(=O)(=O)c2ccccc2[N+](=O)[O-])CC1)NCC(F)(F)F. The van der Waals surface area contributed by atoms with Gasteiger partial charge in [-0.25, -0.2) is 8.42 Å². The van der Waals surface area contributed by atoms with Crippen molar-refractivity contribution in [1.82, 2.24) is 9.62 Å². The average molecular weight is 411 g/mol. The molecule has 0 unspecified atom stereocenters. The lowest BCUT2D eigenvalue weighted by Crippen LogP contribution is -3.15. The third-order valence-corrected chi connectivity index (χ3v) is 5.95. The molecule has 1 aliphatic rings. The van der Waals surface area contributed by atoms with Crippen LogP contribution in [0.2, 0.25) is 0 Å². The van der Waals surface area contributed by atoms with Crippen LogP contribution < -0.4 is 10.2 Å². The smallest absolute Gasteiger partial charge is 0.342 e. The molecule has 2 rings (SSSR count). The van der Waals surface area contributed by atoms with Crippen LogP contribution in [0.3, 0.4) is 0 Å². The van der Waals surface area contributed by atoms with Crippen molar-refractivity contribution >= 4 is 21.6 Å². The summed E-state index contributed by atoms with van der Waals surface area (Å²) < 4.78 is 62.7. The molecule has 0 radical (unpaired) electrons. The zero-order valence-electron chi connectivity index (χ0n) is 14.0. The molecule has 1 aromatic carbocycles. The summed E-state index contributed by atoms with van der Waals surface area (Å²) in [7, 11) is -4.09. The van der Waals surface area contributed by atoms with Crippen LogP contribution in [0.5, 0.6) is 0 Å². The number of sulfonamides is 1. The monoisotopic (exact) mass is 411 g/mol. The molecule has 27 heavy (non-hydrogen) atoms. The fourth-order valence-corrected chi connectivity index (χ4v) is 4.27. The van der Waals surface area contributed by atoms with E-state index in [-0.39, 0.29) is 32.7 Å². The Bertz CT molecular complexity index is 807. The maximum Gasteiger partial charge on any atom is 0.405 e. The Morgan fingerprint density at radius 3 is 2.41 bits per heavy atom. The minimum atomic E-state index is -4.50. The molecule has 9 nitrogen and oxygen atoms in total. The number of carbonyl (C=O) groups is 1. The second-order valence-electron chi connectivity index (χ2n) is 5.95. The van der Waals surface area contributed by atoms with Gasteiger partial charge in [0.1, 0.15) is 6.54 Å². The van der Waals surface area contributed by atoms with E-state index in [0.717, 1.165) is 16.4 Å². The Morgan fingerprint density at radius 2 is 1.85 bits per heavy atom. The van der Waals surface area contributed by atoms with Crippen molar-refractivity contribution in [2.45, 2.75) is 11.1 Å². The average Bonchev–Trinajstić information content (AvgIpc) is 2.60. The summed E-state index contributed by atoms with van der Waals surface area (Å²) in [5.74, 6) is -0.780. The van der Waals surface area contributed by atoms with E-state index in [2.05, 4.69) is 0 Å². The number of nitro groups is 1. The van der Waals surface area contributed by atoms with Gasteiger partial charge in [0, 0.05) is 6.07 Å². The van der Waals surface area contributed by atoms with Crippen molar-refractivity contribution in [3.05, 3.63) is 34.4 Å². The second-order valence-corrected chi connectivity index (χ2v) is 7.85. The zero-order valence-corrected chi connectivity index (χ0v) is 14.8. The summed E-state index contributed by atoms with van der Waals surface area (Å²) in [4.78, 5) is 22.0. The summed E-state index contributed by atoms with van der Waals surface area (Å²) >= 11 is 0. The van der Waals surface area contributed by atoms with Crippen molar-refractivity contribution in [2.75, 3.05) is 39.3 Å². The van der Waals surface area contributed by atoms with Crippen LogP contribution in [-0.4, -0.2) is 69.0 Å². The molecule has 0 aliphatic carbocycles. The lowest BCUT2D eigenvalue weighted by Gasteiger charge is -2.31. The highest BCUT2D eigenvalue weighted by Gasteiger charge is 2.35. The zero-order chi connectivity index (χ0) is 20.2. The molecular weight excluding hydrogens is 393 g/mol. The Labute approximate surface area is 152 Å². The van der Waals surface area contributed by atoms with Gasteiger partial charge < -0.3 is 10.2 Å². The first-order chi connectivity index (χ1) is 12.5. The van der Waals surface area contributed by atoms with Crippen molar-refractivity contribution < 1.29 is 36.2 Å². The van der Waals surface area contributed by atoms with Gasteiger partial charge in [-0.05, 0) is 6.07 Å². The summed E-state index contributed by atoms with van der Waals surface area (Å²) in [5.41, 5.74) is -0.529. The highest BCUT2D eigenvalue weighted by molar-refractivity contribution is 7.89. The number of hydrogen-bond donors (Lipinski definition) is 2. The highest BCUT2D eigenvalue weighted by Crippen LogP contribution is 2.26. The van der Waals surface area contributed by atoms with E-state index in [9.17, 15) is 36.5 Å². The molecule has 1 aliphatic heterocycles. The third kappa shape index (κ3) is 5.61. The molecular formula is C14H18F3N4O5S+. The van der Waals surface area contributed by atoms with E-state index < -0.39 is 44.2 Å². The number of carbonyl (C=O) groups excluding carboxylic acids is 1. The van der Waals surface area contributed by atoms with Crippen LogP contribution >= 0.6 is 0 Å².